The highest BCUT2D eigenvalue weighted by atomic mass is 19.4. The van der Waals surface area contributed by atoms with Gasteiger partial charge in [-0.2, -0.15) is 18.2 Å². The second-order valence-corrected chi connectivity index (χ2v) is 6.07. The van der Waals surface area contributed by atoms with Crippen LogP contribution in [0.5, 0.6) is 5.88 Å². The summed E-state index contributed by atoms with van der Waals surface area (Å²) in [6.45, 7) is 1.91. The van der Waals surface area contributed by atoms with E-state index in [1.54, 1.807) is 0 Å². The van der Waals surface area contributed by atoms with Crippen LogP contribution >= 0.6 is 0 Å². The van der Waals surface area contributed by atoms with Gasteiger partial charge in [-0.05, 0) is 31.2 Å². The predicted molar refractivity (Wildman–Crippen MR) is 93.3 cm³/mol. The number of rotatable bonds is 4. The third-order valence-corrected chi connectivity index (χ3v) is 4.03. The Morgan fingerprint density at radius 1 is 1.04 bits per heavy atom. The van der Waals surface area contributed by atoms with Crippen molar-refractivity contribution >= 4 is 10.9 Å². The van der Waals surface area contributed by atoms with Gasteiger partial charge < -0.3 is 9.26 Å². The Bertz CT molecular complexity index is 1120. The molecule has 0 radical (unpaired) electrons. The Morgan fingerprint density at radius 3 is 2.57 bits per heavy atom. The van der Waals surface area contributed by atoms with Crippen LogP contribution in [0.15, 0.2) is 53.3 Å². The SMILES string of the molecule is Cc1ccc2ncnc(OCc3nc(-c4ccc(C(F)(F)F)cc4)no3)c2c1. The molecule has 4 rings (SSSR count). The van der Waals surface area contributed by atoms with Crippen LogP contribution in [0.4, 0.5) is 13.2 Å². The Labute approximate surface area is 157 Å². The van der Waals surface area contributed by atoms with Crippen LogP contribution in [-0.4, -0.2) is 20.1 Å². The Kier molecular flexibility index (Phi) is 4.42. The zero-order valence-electron chi connectivity index (χ0n) is 14.6. The van der Waals surface area contributed by atoms with E-state index in [0.717, 1.165) is 28.6 Å². The van der Waals surface area contributed by atoms with E-state index in [-0.39, 0.29) is 18.3 Å². The molecule has 6 nitrogen and oxygen atoms in total. The number of halogens is 3. The topological polar surface area (TPSA) is 73.9 Å². The Morgan fingerprint density at radius 2 is 1.82 bits per heavy atom. The van der Waals surface area contributed by atoms with Gasteiger partial charge in [0.25, 0.3) is 5.89 Å². The fourth-order valence-electron chi connectivity index (χ4n) is 2.63. The summed E-state index contributed by atoms with van der Waals surface area (Å²) in [5.41, 5.74) is 1.45. The molecule has 4 aromatic rings. The van der Waals surface area contributed by atoms with Gasteiger partial charge in [0.15, 0.2) is 6.61 Å². The van der Waals surface area contributed by atoms with Crippen LogP contribution < -0.4 is 4.74 Å². The fraction of sp³-hybridized carbons (Fsp3) is 0.158. The molecule has 2 heterocycles. The van der Waals surface area contributed by atoms with E-state index in [1.807, 2.05) is 25.1 Å². The lowest BCUT2D eigenvalue weighted by Crippen LogP contribution is -2.04. The Hall–Kier alpha value is -3.49. The average molecular weight is 386 g/mol. The van der Waals surface area contributed by atoms with Crippen LogP contribution in [0, 0.1) is 6.92 Å². The van der Waals surface area contributed by atoms with Crippen molar-refractivity contribution in [3.8, 4) is 17.3 Å². The highest BCUT2D eigenvalue weighted by Gasteiger charge is 2.30. The van der Waals surface area contributed by atoms with Crippen LogP contribution in [0.3, 0.4) is 0 Å². The fourth-order valence-corrected chi connectivity index (χ4v) is 2.63. The molecule has 0 saturated heterocycles. The molecule has 0 aliphatic carbocycles. The van der Waals surface area contributed by atoms with Gasteiger partial charge in [0.2, 0.25) is 11.7 Å². The molecular weight excluding hydrogens is 373 g/mol. The molecule has 2 aromatic heterocycles. The monoisotopic (exact) mass is 386 g/mol. The maximum absolute atomic E-state index is 12.6. The van der Waals surface area contributed by atoms with Gasteiger partial charge in [-0.15, -0.1) is 0 Å². The molecule has 0 aliphatic heterocycles. The summed E-state index contributed by atoms with van der Waals surface area (Å²) in [6.07, 6.45) is -3.00. The standard InChI is InChI=1S/C19H13F3N4O2/c1-11-2-7-15-14(8-11)18(24-10-23-15)27-9-16-25-17(26-28-16)12-3-5-13(6-4-12)19(20,21)22/h2-8,10H,9H2,1H3. The summed E-state index contributed by atoms with van der Waals surface area (Å²) >= 11 is 0. The number of hydrogen-bond donors (Lipinski definition) is 0. The number of hydrogen-bond acceptors (Lipinski definition) is 6. The average Bonchev–Trinajstić information content (AvgIpc) is 3.15. The molecule has 0 bridgehead atoms. The van der Waals surface area contributed by atoms with Crippen molar-refractivity contribution in [1.29, 1.82) is 0 Å². The van der Waals surface area contributed by atoms with Crippen molar-refractivity contribution in [2.75, 3.05) is 0 Å². The summed E-state index contributed by atoms with van der Waals surface area (Å²) in [7, 11) is 0. The van der Waals surface area contributed by atoms with Crippen molar-refractivity contribution in [3.63, 3.8) is 0 Å². The molecule has 0 fully saturated rings. The molecular formula is C19H13F3N4O2. The number of aromatic nitrogens is 4. The lowest BCUT2D eigenvalue weighted by Gasteiger charge is -2.06. The van der Waals surface area contributed by atoms with E-state index in [2.05, 4.69) is 20.1 Å². The van der Waals surface area contributed by atoms with Gasteiger partial charge >= 0.3 is 6.18 Å². The van der Waals surface area contributed by atoms with Crippen molar-refractivity contribution in [1.82, 2.24) is 20.1 Å². The zero-order chi connectivity index (χ0) is 19.7. The van der Waals surface area contributed by atoms with Crippen molar-refractivity contribution in [3.05, 3.63) is 65.8 Å². The molecule has 0 N–H and O–H groups in total. The van der Waals surface area contributed by atoms with Crippen LogP contribution in [0.1, 0.15) is 17.0 Å². The largest absolute Gasteiger partial charge is 0.467 e. The predicted octanol–water partition coefficient (Wildman–Crippen LogP) is 4.59. The van der Waals surface area contributed by atoms with Gasteiger partial charge in [-0.1, -0.05) is 28.9 Å². The second kappa shape index (κ2) is 6.91. The van der Waals surface area contributed by atoms with Crippen LogP contribution in [0.2, 0.25) is 0 Å². The van der Waals surface area contributed by atoms with Gasteiger partial charge in [-0.25, -0.2) is 9.97 Å². The summed E-state index contributed by atoms with van der Waals surface area (Å²) < 4.78 is 48.7. The second-order valence-electron chi connectivity index (χ2n) is 6.07. The maximum atomic E-state index is 12.6. The lowest BCUT2D eigenvalue weighted by atomic mass is 10.1. The number of aryl methyl sites for hydroxylation is 1. The van der Waals surface area contributed by atoms with Gasteiger partial charge in [-0.3, -0.25) is 0 Å². The quantitative estimate of drug-likeness (QED) is 0.511. The van der Waals surface area contributed by atoms with Gasteiger partial charge in [0, 0.05) is 5.56 Å². The van der Waals surface area contributed by atoms with E-state index >= 15 is 0 Å². The van der Waals surface area contributed by atoms with Crippen LogP contribution in [-0.2, 0) is 12.8 Å². The van der Waals surface area contributed by atoms with Gasteiger partial charge in [0.05, 0.1) is 16.5 Å². The van der Waals surface area contributed by atoms with E-state index < -0.39 is 11.7 Å². The third kappa shape index (κ3) is 3.64. The number of alkyl halides is 3. The summed E-state index contributed by atoms with van der Waals surface area (Å²) in [5, 5.41) is 4.54. The minimum atomic E-state index is -4.40. The highest BCUT2D eigenvalue weighted by Crippen LogP contribution is 2.30. The first-order valence-corrected chi connectivity index (χ1v) is 8.24. The molecule has 0 aliphatic rings. The van der Waals surface area contributed by atoms with E-state index in [4.69, 9.17) is 9.26 Å². The van der Waals surface area contributed by atoms with Gasteiger partial charge in [0.1, 0.15) is 6.33 Å². The molecule has 0 unspecified atom stereocenters. The number of benzene rings is 2. The first-order valence-electron chi connectivity index (χ1n) is 8.24. The first kappa shape index (κ1) is 17.9. The number of ether oxygens (including phenoxy) is 1. The van der Waals surface area contributed by atoms with Crippen molar-refractivity contribution in [2.45, 2.75) is 19.7 Å². The minimum Gasteiger partial charge on any atom is -0.467 e. The molecule has 2 aromatic carbocycles. The maximum Gasteiger partial charge on any atom is 0.416 e. The summed E-state index contributed by atoms with van der Waals surface area (Å²) in [5.74, 6) is 0.730. The molecule has 0 spiro atoms. The number of nitrogens with zero attached hydrogens (tertiary/aromatic N) is 4. The number of fused-ring (bicyclic) bond motifs is 1. The van der Waals surface area contributed by atoms with Crippen molar-refractivity contribution in [2.24, 2.45) is 0 Å². The molecule has 0 atom stereocenters. The molecule has 0 saturated carbocycles. The van der Waals surface area contributed by atoms with Crippen molar-refractivity contribution < 1.29 is 22.4 Å². The molecule has 0 amide bonds. The molecule has 9 heteroatoms. The van der Waals surface area contributed by atoms with Crippen LogP contribution in [0.25, 0.3) is 22.3 Å². The summed E-state index contributed by atoms with van der Waals surface area (Å²) in [6, 6.07) is 10.2. The first-order chi connectivity index (χ1) is 13.4. The Balaban J connectivity index is 1.51. The third-order valence-electron chi connectivity index (χ3n) is 4.03. The molecule has 28 heavy (non-hydrogen) atoms. The highest BCUT2D eigenvalue weighted by molar-refractivity contribution is 5.83. The summed E-state index contributed by atoms with van der Waals surface area (Å²) in [4.78, 5) is 12.5. The molecule has 142 valence electrons. The van der Waals surface area contributed by atoms with E-state index in [1.165, 1.54) is 18.5 Å². The van der Waals surface area contributed by atoms with E-state index in [0.29, 0.717) is 11.4 Å². The normalized spacial score (nSPS) is 11.7. The van der Waals surface area contributed by atoms with E-state index in [9.17, 15) is 13.2 Å². The smallest absolute Gasteiger partial charge is 0.416 e. The lowest BCUT2D eigenvalue weighted by molar-refractivity contribution is -0.137. The zero-order valence-corrected chi connectivity index (χ0v) is 14.6. The minimum absolute atomic E-state index is 0.0340.